The van der Waals surface area contributed by atoms with Crippen LogP contribution in [-0.4, -0.2) is 40.1 Å². The first-order valence-corrected chi connectivity index (χ1v) is 5.29. The van der Waals surface area contributed by atoms with Crippen LogP contribution in [0.3, 0.4) is 0 Å². The molecule has 6 heteroatoms. The molecule has 2 aromatic rings. The van der Waals surface area contributed by atoms with E-state index in [2.05, 4.69) is 20.6 Å². The maximum atomic E-state index is 4.96. The van der Waals surface area contributed by atoms with Gasteiger partial charge in [-0.1, -0.05) is 6.92 Å². The van der Waals surface area contributed by atoms with Crippen molar-refractivity contribution in [3.05, 3.63) is 18.0 Å². The number of rotatable bonds is 5. The fraction of sp³-hybridized carbons (Fsp3) is 0.500. The summed E-state index contributed by atoms with van der Waals surface area (Å²) in [6, 6.07) is 3.79. The number of hydrogen-bond acceptors (Lipinski definition) is 5. The molecular formula is C10H15N5O. The third kappa shape index (κ3) is 2.11. The van der Waals surface area contributed by atoms with Crippen LogP contribution in [0.15, 0.2) is 12.1 Å². The third-order valence-electron chi connectivity index (χ3n) is 2.26. The van der Waals surface area contributed by atoms with Crippen molar-refractivity contribution >= 4 is 11.5 Å². The Morgan fingerprint density at radius 3 is 3.00 bits per heavy atom. The maximum absolute atomic E-state index is 4.96. The Hall–Kier alpha value is -1.69. The lowest BCUT2D eigenvalue weighted by Gasteiger charge is -2.04. The molecule has 2 rings (SSSR count). The predicted molar refractivity (Wildman–Crippen MR) is 60.5 cm³/mol. The number of aryl methyl sites for hydroxylation is 1. The molecule has 2 heterocycles. The normalized spacial score (nSPS) is 10.9. The van der Waals surface area contributed by atoms with E-state index < -0.39 is 0 Å². The van der Waals surface area contributed by atoms with Crippen LogP contribution in [0, 0.1) is 0 Å². The highest BCUT2D eigenvalue weighted by Gasteiger charge is 2.04. The molecule has 0 aliphatic rings. The number of methoxy groups -OCH3 is 1. The molecule has 0 unspecified atom stereocenters. The number of fused-ring (bicyclic) bond motifs is 1. The lowest BCUT2D eigenvalue weighted by molar-refractivity contribution is 0.210. The van der Waals surface area contributed by atoms with E-state index in [1.807, 2.05) is 19.1 Å². The summed E-state index contributed by atoms with van der Waals surface area (Å²) in [6.07, 6.45) is 0.815. The van der Waals surface area contributed by atoms with Crippen LogP contribution in [-0.2, 0) is 11.2 Å². The highest BCUT2D eigenvalue weighted by Crippen LogP contribution is 2.07. The Kier molecular flexibility index (Phi) is 3.31. The first-order valence-electron chi connectivity index (χ1n) is 5.29. The number of nitrogens with one attached hydrogen (secondary N) is 1. The van der Waals surface area contributed by atoms with Gasteiger partial charge in [0.15, 0.2) is 11.5 Å². The van der Waals surface area contributed by atoms with Crippen molar-refractivity contribution in [1.82, 2.24) is 19.8 Å². The van der Waals surface area contributed by atoms with Crippen molar-refractivity contribution in [2.75, 3.05) is 25.6 Å². The van der Waals surface area contributed by atoms with Crippen molar-refractivity contribution in [2.45, 2.75) is 13.3 Å². The average molecular weight is 221 g/mol. The molecule has 0 aliphatic heterocycles. The zero-order valence-electron chi connectivity index (χ0n) is 9.47. The average Bonchev–Trinajstić information content (AvgIpc) is 2.71. The van der Waals surface area contributed by atoms with Gasteiger partial charge in [0.25, 0.3) is 0 Å². The van der Waals surface area contributed by atoms with E-state index in [1.54, 1.807) is 11.6 Å². The monoisotopic (exact) mass is 221 g/mol. The van der Waals surface area contributed by atoms with Gasteiger partial charge in [0, 0.05) is 20.1 Å². The summed E-state index contributed by atoms with van der Waals surface area (Å²) in [5.41, 5.74) is 0.772. The molecule has 1 N–H and O–H groups in total. The van der Waals surface area contributed by atoms with Crippen molar-refractivity contribution in [2.24, 2.45) is 0 Å². The predicted octanol–water partition coefficient (Wildman–Crippen LogP) is 0.745. The summed E-state index contributed by atoms with van der Waals surface area (Å²) >= 11 is 0. The van der Waals surface area contributed by atoms with Crippen LogP contribution in [0.1, 0.15) is 12.7 Å². The van der Waals surface area contributed by atoms with Gasteiger partial charge in [-0.05, 0) is 12.1 Å². The van der Waals surface area contributed by atoms with E-state index in [0.29, 0.717) is 6.61 Å². The van der Waals surface area contributed by atoms with E-state index in [4.69, 9.17) is 4.74 Å². The Bertz CT molecular complexity index is 467. The molecule has 0 radical (unpaired) electrons. The van der Waals surface area contributed by atoms with Gasteiger partial charge in [-0.3, -0.25) is 0 Å². The van der Waals surface area contributed by atoms with E-state index in [9.17, 15) is 0 Å². The molecule has 0 atom stereocenters. The summed E-state index contributed by atoms with van der Waals surface area (Å²) in [6.45, 7) is 3.42. The molecule has 0 aliphatic carbocycles. The molecule has 2 aromatic heterocycles. The smallest absolute Gasteiger partial charge is 0.178 e. The third-order valence-corrected chi connectivity index (χ3v) is 2.26. The molecule has 0 aromatic carbocycles. The highest BCUT2D eigenvalue weighted by atomic mass is 16.5. The molecular weight excluding hydrogens is 206 g/mol. The van der Waals surface area contributed by atoms with Gasteiger partial charge in [-0.25, -0.2) is 0 Å². The summed E-state index contributed by atoms with van der Waals surface area (Å²) in [4.78, 5) is 0. The number of ether oxygens (including phenoxy) is 1. The van der Waals surface area contributed by atoms with Gasteiger partial charge in [0.05, 0.1) is 6.61 Å². The first-order chi connectivity index (χ1) is 7.85. The van der Waals surface area contributed by atoms with Gasteiger partial charge in [-0.15, -0.1) is 15.3 Å². The summed E-state index contributed by atoms with van der Waals surface area (Å²) < 4.78 is 6.72. The van der Waals surface area contributed by atoms with E-state index in [0.717, 1.165) is 30.3 Å². The Balaban J connectivity index is 2.20. The van der Waals surface area contributed by atoms with Crippen molar-refractivity contribution in [3.8, 4) is 0 Å². The lowest BCUT2D eigenvalue weighted by Crippen LogP contribution is -2.10. The Labute approximate surface area is 93.6 Å². The summed E-state index contributed by atoms with van der Waals surface area (Å²) in [7, 11) is 1.67. The largest absolute Gasteiger partial charge is 0.383 e. The van der Waals surface area contributed by atoms with E-state index in [-0.39, 0.29) is 0 Å². The van der Waals surface area contributed by atoms with Crippen LogP contribution in [0.4, 0.5) is 5.82 Å². The van der Waals surface area contributed by atoms with Crippen LogP contribution in [0.5, 0.6) is 0 Å². The maximum Gasteiger partial charge on any atom is 0.178 e. The first kappa shape index (κ1) is 10.8. The van der Waals surface area contributed by atoms with Crippen molar-refractivity contribution < 1.29 is 4.74 Å². The topological polar surface area (TPSA) is 64.3 Å². The minimum atomic E-state index is 0.655. The fourth-order valence-electron chi connectivity index (χ4n) is 1.43. The zero-order valence-corrected chi connectivity index (χ0v) is 9.47. The molecule has 0 spiro atoms. The highest BCUT2D eigenvalue weighted by molar-refractivity contribution is 5.43. The molecule has 16 heavy (non-hydrogen) atoms. The minimum absolute atomic E-state index is 0.655. The summed E-state index contributed by atoms with van der Waals surface area (Å²) in [5, 5.41) is 15.6. The number of nitrogens with zero attached hydrogens (tertiary/aromatic N) is 4. The molecule has 0 saturated carbocycles. The van der Waals surface area contributed by atoms with Crippen LogP contribution >= 0.6 is 0 Å². The van der Waals surface area contributed by atoms with Crippen LogP contribution in [0.2, 0.25) is 0 Å². The van der Waals surface area contributed by atoms with Gasteiger partial charge in [0.1, 0.15) is 5.82 Å². The number of aromatic nitrogens is 4. The number of anilines is 1. The fourth-order valence-corrected chi connectivity index (χ4v) is 1.43. The van der Waals surface area contributed by atoms with Crippen LogP contribution < -0.4 is 5.32 Å². The Morgan fingerprint density at radius 1 is 1.38 bits per heavy atom. The molecule has 6 nitrogen and oxygen atoms in total. The molecule has 0 fully saturated rings. The van der Waals surface area contributed by atoms with E-state index in [1.165, 1.54) is 0 Å². The second-order valence-electron chi connectivity index (χ2n) is 3.38. The van der Waals surface area contributed by atoms with Crippen molar-refractivity contribution in [1.29, 1.82) is 0 Å². The minimum Gasteiger partial charge on any atom is -0.383 e. The van der Waals surface area contributed by atoms with Gasteiger partial charge in [-0.2, -0.15) is 4.52 Å². The zero-order chi connectivity index (χ0) is 11.4. The van der Waals surface area contributed by atoms with Gasteiger partial charge >= 0.3 is 0 Å². The lowest BCUT2D eigenvalue weighted by atomic mass is 10.4. The second kappa shape index (κ2) is 4.89. The van der Waals surface area contributed by atoms with Crippen molar-refractivity contribution in [3.63, 3.8) is 0 Å². The molecule has 86 valence electrons. The standard InChI is InChI=1S/C10H15N5O/c1-3-9-12-13-10-5-4-8(14-15(9)10)11-6-7-16-2/h4-5H,3,6-7H2,1-2H3,(H,11,14). The molecule has 0 bridgehead atoms. The van der Waals surface area contributed by atoms with Gasteiger partial charge in [0.2, 0.25) is 0 Å². The van der Waals surface area contributed by atoms with E-state index >= 15 is 0 Å². The quantitative estimate of drug-likeness (QED) is 0.755. The SMILES string of the molecule is CCc1nnc2ccc(NCCOC)nn12. The Morgan fingerprint density at radius 2 is 2.25 bits per heavy atom. The second-order valence-corrected chi connectivity index (χ2v) is 3.38. The number of hydrogen-bond donors (Lipinski definition) is 1. The molecule has 0 saturated heterocycles. The molecule has 0 amide bonds. The van der Waals surface area contributed by atoms with Gasteiger partial charge < -0.3 is 10.1 Å². The van der Waals surface area contributed by atoms with Crippen LogP contribution in [0.25, 0.3) is 5.65 Å². The summed E-state index contributed by atoms with van der Waals surface area (Å²) in [5.74, 6) is 1.67.